The van der Waals surface area contributed by atoms with E-state index < -0.39 is 5.97 Å². The lowest BCUT2D eigenvalue weighted by Crippen LogP contribution is -2.17. The van der Waals surface area contributed by atoms with Crippen LogP contribution >= 0.6 is 0 Å². The minimum Gasteiger partial charge on any atom is -0.426 e. The molecule has 0 spiro atoms. The molecule has 2 rings (SSSR count). The van der Waals surface area contributed by atoms with Crippen molar-refractivity contribution in [1.29, 1.82) is 0 Å². The molecule has 0 bridgehead atoms. The van der Waals surface area contributed by atoms with Crippen LogP contribution in [0.1, 0.15) is 30.6 Å². The average molecular weight is 298 g/mol. The summed E-state index contributed by atoms with van der Waals surface area (Å²) in [7, 11) is 0. The van der Waals surface area contributed by atoms with Gasteiger partial charge in [-0.05, 0) is 42.8 Å². The largest absolute Gasteiger partial charge is 0.426 e. The van der Waals surface area contributed by atoms with Crippen LogP contribution in [0.4, 0.5) is 0 Å². The molecule has 0 amide bonds. The Balaban J connectivity index is 1.99. The van der Waals surface area contributed by atoms with E-state index in [2.05, 4.69) is 0 Å². The van der Waals surface area contributed by atoms with Crippen LogP contribution in [0.2, 0.25) is 0 Å². The molecule has 22 heavy (non-hydrogen) atoms. The Hall–Kier alpha value is -2.62. The third kappa shape index (κ3) is 4.19. The van der Waals surface area contributed by atoms with Crippen LogP contribution in [0.25, 0.3) is 0 Å². The molecule has 4 nitrogen and oxygen atoms in total. The first-order valence-corrected chi connectivity index (χ1v) is 7.19. The third-order valence-electron chi connectivity index (χ3n) is 3.28. The molecular formula is C18H18O4. The summed E-state index contributed by atoms with van der Waals surface area (Å²) in [6.45, 7) is 3.74. The smallest absolute Gasteiger partial charge is 0.343 e. The van der Waals surface area contributed by atoms with Crippen LogP contribution in [0.3, 0.4) is 0 Å². The molecule has 0 aromatic heterocycles. The van der Waals surface area contributed by atoms with Crippen molar-refractivity contribution >= 4 is 11.9 Å². The SMILES string of the molecule is CCC(C)C(=O)Oc1ccc(C(=O)Oc2ccccc2)cc1. The quantitative estimate of drug-likeness (QED) is 0.621. The Kier molecular flexibility index (Phi) is 5.31. The van der Waals surface area contributed by atoms with E-state index in [0.29, 0.717) is 17.1 Å². The monoisotopic (exact) mass is 298 g/mol. The predicted molar refractivity (Wildman–Crippen MR) is 82.9 cm³/mol. The number of benzene rings is 2. The van der Waals surface area contributed by atoms with Gasteiger partial charge in [-0.25, -0.2) is 4.79 Å². The van der Waals surface area contributed by atoms with E-state index in [4.69, 9.17) is 9.47 Å². The van der Waals surface area contributed by atoms with Gasteiger partial charge in [0.25, 0.3) is 0 Å². The fourth-order valence-electron chi connectivity index (χ4n) is 1.70. The van der Waals surface area contributed by atoms with E-state index >= 15 is 0 Å². The van der Waals surface area contributed by atoms with Gasteiger partial charge >= 0.3 is 11.9 Å². The molecule has 0 fully saturated rings. The predicted octanol–water partition coefficient (Wildman–Crippen LogP) is 3.86. The highest BCUT2D eigenvalue weighted by molar-refractivity contribution is 5.91. The number of carbonyl (C=O) groups is 2. The summed E-state index contributed by atoms with van der Waals surface area (Å²) in [6.07, 6.45) is 0.723. The summed E-state index contributed by atoms with van der Waals surface area (Å²) in [5.41, 5.74) is 0.396. The lowest BCUT2D eigenvalue weighted by atomic mass is 10.1. The zero-order valence-corrected chi connectivity index (χ0v) is 12.6. The topological polar surface area (TPSA) is 52.6 Å². The summed E-state index contributed by atoms with van der Waals surface area (Å²) < 4.78 is 10.5. The van der Waals surface area contributed by atoms with Crippen molar-refractivity contribution in [2.24, 2.45) is 5.92 Å². The maximum Gasteiger partial charge on any atom is 0.343 e. The van der Waals surface area contributed by atoms with E-state index in [0.717, 1.165) is 6.42 Å². The lowest BCUT2D eigenvalue weighted by Gasteiger charge is -2.09. The Labute approximate surface area is 129 Å². The molecule has 0 saturated heterocycles. The Morgan fingerprint density at radius 1 is 0.909 bits per heavy atom. The molecule has 0 saturated carbocycles. The van der Waals surface area contributed by atoms with Gasteiger partial charge in [0.1, 0.15) is 11.5 Å². The van der Waals surface area contributed by atoms with Crippen LogP contribution in [0.5, 0.6) is 11.5 Å². The number of para-hydroxylation sites is 1. The van der Waals surface area contributed by atoms with Crippen molar-refractivity contribution in [2.75, 3.05) is 0 Å². The zero-order valence-electron chi connectivity index (χ0n) is 12.6. The maximum absolute atomic E-state index is 12.0. The van der Waals surface area contributed by atoms with Gasteiger partial charge in [-0.2, -0.15) is 0 Å². The molecule has 0 aliphatic carbocycles. The Morgan fingerprint density at radius 3 is 2.09 bits per heavy atom. The van der Waals surface area contributed by atoms with Gasteiger partial charge in [0, 0.05) is 0 Å². The van der Waals surface area contributed by atoms with Gasteiger partial charge in [0.05, 0.1) is 11.5 Å². The Bertz CT molecular complexity index is 632. The number of esters is 2. The van der Waals surface area contributed by atoms with Crippen molar-refractivity contribution < 1.29 is 19.1 Å². The maximum atomic E-state index is 12.0. The van der Waals surface area contributed by atoms with Gasteiger partial charge < -0.3 is 9.47 Å². The van der Waals surface area contributed by atoms with Crippen LogP contribution < -0.4 is 9.47 Å². The molecule has 2 aromatic rings. The number of ether oxygens (including phenoxy) is 2. The highest BCUT2D eigenvalue weighted by Gasteiger charge is 2.14. The van der Waals surface area contributed by atoms with E-state index in [1.54, 1.807) is 48.5 Å². The first-order chi connectivity index (χ1) is 10.6. The Morgan fingerprint density at radius 2 is 1.50 bits per heavy atom. The first-order valence-electron chi connectivity index (χ1n) is 7.19. The molecule has 0 aliphatic rings. The van der Waals surface area contributed by atoms with Crippen LogP contribution in [-0.4, -0.2) is 11.9 Å². The molecule has 0 radical (unpaired) electrons. The van der Waals surface area contributed by atoms with E-state index in [9.17, 15) is 9.59 Å². The van der Waals surface area contributed by atoms with Gasteiger partial charge in [0.15, 0.2) is 0 Å². The normalized spacial score (nSPS) is 11.5. The van der Waals surface area contributed by atoms with Crippen LogP contribution in [0, 0.1) is 5.92 Å². The molecule has 114 valence electrons. The lowest BCUT2D eigenvalue weighted by molar-refractivity contribution is -0.138. The first kappa shape index (κ1) is 15.8. The fraction of sp³-hybridized carbons (Fsp3) is 0.222. The van der Waals surface area contributed by atoms with Crippen molar-refractivity contribution in [2.45, 2.75) is 20.3 Å². The number of carbonyl (C=O) groups excluding carboxylic acids is 2. The molecule has 0 aliphatic heterocycles. The number of rotatable bonds is 5. The fourth-order valence-corrected chi connectivity index (χ4v) is 1.70. The van der Waals surface area contributed by atoms with Gasteiger partial charge in [-0.3, -0.25) is 4.79 Å². The standard InChI is InChI=1S/C18H18O4/c1-3-13(2)17(19)21-16-11-9-14(10-12-16)18(20)22-15-7-5-4-6-8-15/h4-13H,3H2,1-2H3. The molecular weight excluding hydrogens is 280 g/mol. The number of hydrogen-bond acceptors (Lipinski definition) is 4. The molecule has 1 unspecified atom stereocenters. The van der Waals surface area contributed by atoms with Crippen molar-refractivity contribution in [3.8, 4) is 11.5 Å². The molecule has 2 aromatic carbocycles. The van der Waals surface area contributed by atoms with Gasteiger partial charge in [-0.1, -0.05) is 32.0 Å². The van der Waals surface area contributed by atoms with Crippen molar-refractivity contribution in [3.63, 3.8) is 0 Å². The summed E-state index contributed by atoms with van der Waals surface area (Å²) in [6, 6.07) is 15.2. The molecule has 0 heterocycles. The van der Waals surface area contributed by atoms with Crippen LogP contribution in [0.15, 0.2) is 54.6 Å². The van der Waals surface area contributed by atoms with E-state index in [1.165, 1.54) is 0 Å². The highest BCUT2D eigenvalue weighted by atomic mass is 16.5. The van der Waals surface area contributed by atoms with E-state index in [-0.39, 0.29) is 11.9 Å². The summed E-state index contributed by atoms with van der Waals surface area (Å²) in [4.78, 5) is 23.7. The minimum absolute atomic E-state index is 0.150. The minimum atomic E-state index is -0.453. The second-order valence-electron chi connectivity index (χ2n) is 4.96. The number of hydrogen-bond donors (Lipinski definition) is 0. The van der Waals surface area contributed by atoms with Gasteiger partial charge in [-0.15, -0.1) is 0 Å². The summed E-state index contributed by atoms with van der Waals surface area (Å²) in [5.74, 6) is 0.0252. The second kappa shape index (κ2) is 7.41. The summed E-state index contributed by atoms with van der Waals surface area (Å²) in [5, 5.41) is 0. The summed E-state index contributed by atoms with van der Waals surface area (Å²) >= 11 is 0. The average Bonchev–Trinajstić information content (AvgIpc) is 2.55. The van der Waals surface area contributed by atoms with Gasteiger partial charge in [0.2, 0.25) is 0 Å². The molecule has 0 N–H and O–H groups in total. The van der Waals surface area contributed by atoms with E-state index in [1.807, 2.05) is 19.9 Å². The highest BCUT2D eigenvalue weighted by Crippen LogP contribution is 2.17. The third-order valence-corrected chi connectivity index (χ3v) is 3.28. The van der Waals surface area contributed by atoms with Crippen LogP contribution in [-0.2, 0) is 4.79 Å². The second-order valence-corrected chi connectivity index (χ2v) is 4.96. The zero-order chi connectivity index (χ0) is 15.9. The molecule has 1 atom stereocenters. The van der Waals surface area contributed by atoms with Crippen molar-refractivity contribution in [3.05, 3.63) is 60.2 Å². The van der Waals surface area contributed by atoms with Crippen molar-refractivity contribution in [1.82, 2.24) is 0 Å². The molecule has 4 heteroatoms.